The number of imide groups is 1. The molecule has 11 heavy (non-hydrogen) atoms. The van der Waals surface area contributed by atoms with Gasteiger partial charge in [-0.3, -0.25) is 14.5 Å². The van der Waals surface area contributed by atoms with E-state index in [9.17, 15) is 9.59 Å². The first-order valence-electron chi connectivity index (χ1n) is 3.84. The molecule has 0 aromatic carbocycles. The van der Waals surface area contributed by atoms with E-state index >= 15 is 0 Å². The first-order chi connectivity index (χ1) is 4.99. The zero-order valence-corrected chi connectivity index (χ0v) is 7.18. The first-order valence-corrected chi connectivity index (χ1v) is 3.84. The van der Waals surface area contributed by atoms with Crippen LogP contribution in [-0.4, -0.2) is 23.3 Å². The Bertz CT molecular complexity index is 208. The van der Waals surface area contributed by atoms with Gasteiger partial charge in [0, 0.05) is 13.0 Å². The van der Waals surface area contributed by atoms with E-state index in [1.807, 2.05) is 20.8 Å². The molecule has 0 spiro atoms. The number of likely N-dealkylation sites (tertiary alicyclic amines) is 1. The normalized spacial score (nSPS) is 23.0. The molecule has 0 N–H and O–H groups in total. The first kappa shape index (κ1) is 8.24. The van der Waals surface area contributed by atoms with Crippen LogP contribution >= 0.6 is 0 Å². The van der Waals surface area contributed by atoms with E-state index in [0.717, 1.165) is 0 Å². The molecular formula is C8H13NO2. The third-order valence-corrected chi connectivity index (χ3v) is 2.03. The zero-order valence-electron chi connectivity index (χ0n) is 7.18. The average molecular weight is 155 g/mol. The van der Waals surface area contributed by atoms with Gasteiger partial charge >= 0.3 is 0 Å². The average Bonchev–Trinajstić information content (AvgIpc) is 2.04. The SMILES string of the molecule is CCN1C(=O)CC(C)(C)C1=O. The van der Waals surface area contributed by atoms with Crippen LogP contribution in [0.4, 0.5) is 0 Å². The summed E-state index contributed by atoms with van der Waals surface area (Å²) in [5.74, 6) is -0.0764. The van der Waals surface area contributed by atoms with Gasteiger partial charge in [0.1, 0.15) is 0 Å². The number of amides is 2. The molecule has 0 saturated carbocycles. The summed E-state index contributed by atoms with van der Waals surface area (Å²) in [6.07, 6.45) is 0.361. The van der Waals surface area contributed by atoms with Gasteiger partial charge in [-0.1, -0.05) is 13.8 Å². The Hall–Kier alpha value is -0.860. The molecule has 3 heteroatoms. The van der Waals surface area contributed by atoms with Crippen molar-refractivity contribution < 1.29 is 9.59 Å². The number of rotatable bonds is 1. The predicted octanol–water partition coefficient (Wildman–Crippen LogP) is 0.791. The Balaban J connectivity index is 2.88. The second-order valence-corrected chi connectivity index (χ2v) is 3.50. The van der Waals surface area contributed by atoms with Gasteiger partial charge in [0.15, 0.2) is 0 Å². The standard InChI is InChI=1S/C8H13NO2/c1-4-9-6(10)5-8(2,3)7(9)11/h4-5H2,1-3H3. The largest absolute Gasteiger partial charge is 0.282 e. The molecule has 1 aliphatic rings. The molecule has 0 bridgehead atoms. The number of nitrogens with zero attached hydrogens (tertiary/aromatic N) is 1. The lowest BCUT2D eigenvalue weighted by atomic mass is 9.92. The van der Waals surface area contributed by atoms with Crippen molar-refractivity contribution in [2.75, 3.05) is 6.54 Å². The maximum absolute atomic E-state index is 11.4. The summed E-state index contributed by atoms with van der Waals surface area (Å²) in [6, 6.07) is 0. The Morgan fingerprint density at radius 3 is 2.18 bits per heavy atom. The van der Waals surface area contributed by atoms with Crippen molar-refractivity contribution in [2.45, 2.75) is 27.2 Å². The van der Waals surface area contributed by atoms with Gasteiger partial charge in [0.2, 0.25) is 11.8 Å². The molecule has 0 atom stereocenters. The van der Waals surface area contributed by atoms with Crippen LogP contribution in [0.5, 0.6) is 0 Å². The summed E-state index contributed by atoms with van der Waals surface area (Å²) in [6.45, 7) is 5.93. The summed E-state index contributed by atoms with van der Waals surface area (Å²) >= 11 is 0. The van der Waals surface area contributed by atoms with Crippen LogP contribution in [0.25, 0.3) is 0 Å². The molecule has 0 aromatic heterocycles. The smallest absolute Gasteiger partial charge is 0.235 e. The minimum atomic E-state index is -0.465. The van der Waals surface area contributed by atoms with Gasteiger partial charge in [0.25, 0.3) is 0 Å². The minimum absolute atomic E-state index is 0.0370. The van der Waals surface area contributed by atoms with E-state index in [2.05, 4.69) is 0 Å². The highest BCUT2D eigenvalue weighted by molar-refractivity contribution is 6.05. The summed E-state index contributed by atoms with van der Waals surface area (Å²) in [7, 11) is 0. The van der Waals surface area contributed by atoms with E-state index in [1.54, 1.807) is 0 Å². The molecule has 1 aliphatic heterocycles. The van der Waals surface area contributed by atoms with Crippen molar-refractivity contribution in [3.8, 4) is 0 Å². The fourth-order valence-corrected chi connectivity index (χ4v) is 1.35. The zero-order chi connectivity index (χ0) is 8.65. The third kappa shape index (κ3) is 1.15. The van der Waals surface area contributed by atoms with Crippen LogP contribution in [0.2, 0.25) is 0 Å². The highest BCUT2D eigenvalue weighted by Crippen LogP contribution is 2.30. The molecule has 1 saturated heterocycles. The maximum Gasteiger partial charge on any atom is 0.235 e. The number of hydrogen-bond donors (Lipinski definition) is 0. The van der Waals surface area contributed by atoms with Crippen molar-refractivity contribution in [1.82, 2.24) is 4.90 Å². The number of hydrogen-bond acceptors (Lipinski definition) is 2. The molecule has 0 aliphatic carbocycles. The fourth-order valence-electron chi connectivity index (χ4n) is 1.35. The van der Waals surface area contributed by atoms with E-state index in [0.29, 0.717) is 13.0 Å². The Morgan fingerprint density at radius 2 is 2.00 bits per heavy atom. The van der Waals surface area contributed by atoms with Crippen LogP contribution in [-0.2, 0) is 9.59 Å². The summed E-state index contributed by atoms with van der Waals surface area (Å²) in [4.78, 5) is 23.8. The lowest BCUT2D eigenvalue weighted by Gasteiger charge is -2.15. The maximum atomic E-state index is 11.4. The third-order valence-electron chi connectivity index (χ3n) is 2.03. The van der Waals surface area contributed by atoms with E-state index in [-0.39, 0.29) is 11.8 Å². The molecule has 2 amide bonds. The van der Waals surface area contributed by atoms with Crippen LogP contribution in [0.15, 0.2) is 0 Å². The molecule has 0 aromatic rings. The minimum Gasteiger partial charge on any atom is -0.282 e. The van der Waals surface area contributed by atoms with E-state index in [4.69, 9.17) is 0 Å². The van der Waals surface area contributed by atoms with Gasteiger partial charge in [0.05, 0.1) is 5.41 Å². The molecule has 3 nitrogen and oxygen atoms in total. The van der Waals surface area contributed by atoms with Gasteiger partial charge in [-0.15, -0.1) is 0 Å². The topological polar surface area (TPSA) is 37.4 Å². The molecule has 0 unspecified atom stereocenters. The molecule has 62 valence electrons. The predicted molar refractivity (Wildman–Crippen MR) is 40.8 cm³/mol. The number of carbonyl (C=O) groups is 2. The van der Waals surface area contributed by atoms with Crippen molar-refractivity contribution in [1.29, 1.82) is 0 Å². The molecule has 0 radical (unpaired) electrons. The van der Waals surface area contributed by atoms with Crippen molar-refractivity contribution >= 4 is 11.8 Å². The van der Waals surface area contributed by atoms with E-state index < -0.39 is 5.41 Å². The van der Waals surface area contributed by atoms with Crippen molar-refractivity contribution in [3.05, 3.63) is 0 Å². The second-order valence-electron chi connectivity index (χ2n) is 3.50. The van der Waals surface area contributed by atoms with Crippen LogP contribution in [0.1, 0.15) is 27.2 Å². The van der Waals surface area contributed by atoms with Gasteiger partial charge < -0.3 is 0 Å². The Morgan fingerprint density at radius 1 is 1.45 bits per heavy atom. The number of carbonyl (C=O) groups excluding carboxylic acids is 2. The summed E-state index contributed by atoms with van der Waals surface area (Å²) in [5.41, 5.74) is -0.465. The second kappa shape index (κ2) is 2.32. The highest BCUT2D eigenvalue weighted by Gasteiger charge is 2.43. The molecular weight excluding hydrogens is 142 g/mol. The van der Waals surface area contributed by atoms with Crippen LogP contribution in [0, 0.1) is 5.41 Å². The molecule has 1 fully saturated rings. The summed E-state index contributed by atoms with van der Waals surface area (Å²) < 4.78 is 0. The monoisotopic (exact) mass is 155 g/mol. The van der Waals surface area contributed by atoms with Crippen LogP contribution < -0.4 is 0 Å². The summed E-state index contributed by atoms with van der Waals surface area (Å²) in [5, 5.41) is 0. The fraction of sp³-hybridized carbons (Fsp3) is 0.750. The molecule has 1 heterocycles. The van der Waals surface area contributed by atoms with Crippen molar-refractivity contribution in [2.24, 2.45) is 5.41 Å². The molecule has 1 rings (SSSR count). The van der Waals surface area contributed by atoms with Gasteiger partial charge in [-0.25, -0.2) is 0 Å². The quantitative estimate of drug-likeness (QED) is 0.525. The highest BCUT2D eigenvalue weighted by atomic mass is 16.2. The van der Waals surface area contributed by atoms with Gasteiger partial charge in [-0.05, 0) is 6.92 Å². The Labute approximate surface area is 66.4 Å². The van der Waals surface area contributed by atoms with Gasteiger partial charge in [-0.2, -0.15) is 0 Å². The lowest BCUT2D eigenvalue weighted by molar-refractivity contribution is -0.140. The van der Waals surface area contributed by atoms with Crippen LogP contribution in [0.3, 0.4) is 0 Å². The van der Waals surface area contributed by atoms with Crippen molar-refractivity contribution in [3.63, 3.8) is 0 Å². The Kier molecular flexibility index (Phi) is 1.74. The lowest BCUT2D eigenvalue weighted by Crippen LogP contribution is -2.32. The van der Waals surface area contributed by atoms with E-state index in [1.165, 1.54) is 4.90 Å².